The molecule has 0 aromatic heterocycles. The molecular weight excluding hydrogens is 202 g/mol. The molecular formula is C12H25N3O. The first-order valence-corrected chi connectivity index (χ1v) is 6.35. The zero-order valence-corrected chi connectivity index (χ0v) is 10.7. The molecule has 4 nitrogen and oxygen atoms in total. The van der Waals surface area contributed by atoms with Gasteiger partial charge in [0.25, 0.3) is 0 Å². The third kappa shape index (κ3) is 2.56. The molecule has 2 aliphatic heterocycles. The van der Waals surface area contributed by atoms with Crippen LogP contribution in [0.1, 0.15) is 13.8 Å². The molecule has 94 valence electrons. The maximum Gasteiger partial charge on any atom is 0.0621 e. The van der Waals surface area contributed by atoms with E-state index in [2.05, 4.69) is 30.7 Å². The molecule has 4 unspecified atom stereocenters. The highest BCUT2D eigenvalue weighted by atomic mass is 16.5. The monoisotopic (exact) mass is 227 g/mol. The van der Waals surface area contributed by atoms with Crippen LogP contribution in [0.25, 0.3) is 0 Å². The molecule has 0 aromatic rings. The molecule has 0 aromatic carbocycles. The van der Waals surface area contributed by atoms with Crippen LogP contribution in [0, 0.1) is 5.92 Å². The van der Waals surface area contributed by atoms with E-state index in [1.165, 1.54) is 0 Å². The Morgan fingerprint density at radius 1 is 1.19 bits per heavy atom. The summed E-state index contributed by atoms with van der Waals surface area (Å²) in [5.41, 5.74) is 6.03. The van der Waals surface area contributed by atoms with Gasteiger partial charge in [-0.05, 0) is 20.9 Å². The van der Waals surface area contributed by atoms with Crippen LogP contribution in [0.2, 0.25) is 0 Å². The summed E-state index contributed by atoms with van der Waals surface area (Å²) in [5, 5.41) is 0. The second kappa shape index (κ2) is 5.00. The van der Waals surface area contributed by atoms with Crippen molar-refractivity contribution in [1.29, 1.82) is 0 Å². The molecule has 2 N–H and O–H groups in total. The lowest BCUT2D eigenvalue weighted by Crippen LogP contribution is -2.56. The van der Waals surface area contributed by atoms with Crippen molar-refractivity contribution < 1.29 is 4.74 Å². The van der Waals surface area contributed by atoms with Crippen LogP contribution in [-0.2, 0) is 4.74 Å². The van der Waals surface area contributed by atoms with Crippen molar-refractivity contribution in [1.82, 2.24) is 9.80 Å². The summed E-state index contributed by atoms with van der Waals surface area (Å²) in [5.74, 6) is 0.530. The van der Waals surface area contributed by atoms with Gasteiger partial charge in [0.2, 0.25) is 0 Å². The Hall–Kier alpha value is -0.160. The van der Waals surface area contributed by atoms with Gasteiger partial charge in [-0.25, -0.2) is 0 Å². The van der Waals surface area contributed by atoms with Crippen molar-refractivity contribution in [2.24, 2.45) is 11.7 Å². The fraction of sp³-hybridized carbons (Fsp3) is 1.00. The van der Waals surface area contributed by atoms with Crippen molar-refractivity contribution in [3.8, 4) is 0 Å². The standard InChI is InChI=1S/C12H25N3O/c1-9-4-15(5-10(2)14(9)3)6-11-7-16-8-12(11)13/h9-12H,4-8,13H2,1-3H3. The summed E-state index contributed by atoms with van der Waals surface area (Å²) in [6, 6.07) is 1.52. The highest BCUT2D eigenvalue weighted by molar-refractivity contribution is 4.87. The van der Waals surface area contributed by atoms with Gasteiger partial charge in [-0.1, -0.05) is 0 Å². The minimum Gasteiger partial charge on any atom is -0.379 e. The zero-order valence-electron chi connectivity index (χ0n) is 10.7. The lowest BCUT2D eigenvalue weighted by Gasteiger charge is -2.43. The summed E-state index contributed by atoms with van der Waals surface area (Å²) >= 11 is 0. The Morgan fingerprint density at radius 3 is 2.31 bits per heavy atom. The Bertz CT molecular complexity index is 224. The number of nitrogens with two attached hydrogens (primary N) is 1. The van der Waals surface area contributed by atoms with Crippen molar-refractivity contribution in [3.05, 3.63) is 0 Å². The average molecular weight is 227 g/mol. The van der Waals surface area contributed by atoms with Crippen molar-refractivity contribution in [3.63, 3.8) is 0 Å². The average Bonchev–Trinajstić information content (AvgIpc) is 2.61. The van der Waals surface area contributed by atoms with Gasteiger partial charge >= 0.3 is 0 Å². The maximum atomic E-state index is 6.03. The summed E-state index contributed by atoms with van der Waals surface area (Å²) in [4.78, 5) is 5.01. The number of piperazine rings is 1. The summed E-state index contributed by atoms with van der Waals surface area (Å²) in [6.45, 7) is 9.60. The fourth-order valence-electron chi connectivity index (χ4n) is 2.80. The normalized spacial score (nSPS) is 42.8. The van der Waals surface area contributed by atoms with E-state index in [1.807, 2.05) is 0 Å². The van der Waals surface area contributed by atoms with E-state index >= 15 is 0 Å². The zero-order chi connectivity index (χ0) is 11.7. The Balaban J connectivity index is 1.86. The van der Waals surface area contributed by atoms with Crippen molar-refractivity contribution in [2.75, 3.05) is 39.9 Å². The van der Waals surface area contributed by atoms with Crippen LogP contribution in [0.5, 0.6) is 0 Å². The molecule has 0 bridgehead atoms. The van der Waals surface area contributed by atoms with Gasteiger partial charge in [-0.2, -0.15) is 0 Å². The topological polar surface area (TPSA) is 41.7 Å². The molecule has 0 saturated carbocycles. The molecule has 4 atom stereocenters. The molecule has 2 rings (SSSR count). The lowest BCUT2D eigenvalue weighted by atomic mass is 10.0. The first-order valence-electron chi connectivity index (χ1n) is 6.35. The van der Waals surface area contributed by atoms with Gasteiger partial charge in [0.05, 0.1) is 13.2 Å². The highest BCUT2D eigenvalue weighted by Gasteiger charge is 2.31. The molecule has 2 aliphatic rings. The number of hydrogen-bond donors (Lipinski definition) is 1. The molecule has 4 heteroatoms. The van der Waals surface area contributed by atoms with E-state index in [1.54, 1.807) is 0 Å². The quantitative estimate of drug-likeness (QED) is 0.720. The van der Waals surface area contributed by atoms with Crippen molar-refractivity contribution >= 4 is 0 Å². The summed E-state index contributed by atoms with van der Waals surface area (Å²) in [7, 11) is 2.22. The number of ether oxygens (including phenoxy) is 1. The number of likely N-dealkylation sites (N-methyl/N-ethyl adjacent to an activating group) is 1. The molecule has 0 aliphatic carbocycles. The number of hydrogen-bond acceptors (Lipinski definition) is 4. The van der Waals surface area contributed by atoms with Crippen molar-refractivity contribution in [2.45, 2.75) is 32.0 Å². The predicted octanol–water partition coefficient (Wildman–Crippen LogP) is -0.0155. The van der Waals surface area contributed by atoms with Gasteiger partial charge in [0, 0.05) is 43.7 Å². The van der Waals surface area contributed by atoms with Crippen LogP contribution in [-0.4, -0.2) is 67.8 Å². The fourth-order valence-corrected chi connectivity index (χ4v) is 2.80. The summed E-state index contributed by atoms with van der Waals surface area (Å²) in [6.07, 6.45) is 0. The molecule has 0 radical (unpaired) electrons. The van der Waals surface area contributed by atoms with Crippen LogP contribution in [0.15, 0.2) is 0 Å². The second-order valence-corrected chi connectivity index (χ2v) is 5.54. The van der Waals surface area contributed by atoms with Crippen LogP contribution in [0.4, 0.5) is 0 Å². The van der Waals surface area contributed by atoms with Crippen LogP contribution in [0.3, 0.4) is 0 Å². The van der Waals surface area contributed by atoms with Gasteiger partial charge < -0.3 is 10.5 Å². The van der Waals surface area contributed by atoms with E-state index in [-0.39, 0.29) is 6.04 Å². The van der Waals surface area contributed by atoms with Crippen LogP contribution < -0.4 is 5.73 Å². The molecule has 2 saturated heterocycles. The number of rotatable bonds is 2. The highest BCUT2D eigenvalue weighted by Crippen LogP contribution is 2.18. The van der Waals surface area contributed by atoms with Gasteiger partial charge in [0.1, 0.15) is 0 Å². The SMILES string of the molecule is CC1CN(CC2COCC2N)CC(C)N1C. The second-order valence-electron chi connectivity index (χ2n) is 5.54. The minimum absolute atomic E-state index is 0.241. The third-order valence-electron chi connectivity index (χ3n) is 4.18. The Labute approximate surface area is 98.7 Å². The maximum absolute atomic E-state index is 6.03. The molecule has 2 fully saturated rings. The van der Waals surface area contributed by atoms with Gasteiger partial charge in [-0.15, -0.1) is 0 Å². The van der Waals surface area contributed by atoms with Gasteiger partial charge in [-0.3, -0.25) is 9.80 Å². The largest absolute Gasteiger partial charge is 0.379 e. The molecule has 16 heavy (non-hydrogen) atoms. The molecule has 0 amide bonds. The Morgan fingerprint density at radius 2 is 1.81 bits per heavy atom. The molecule has 0 spiro atoms. The van der Waals surface area contributed by atoms with E-state index in [4.69, 9.17) is 10.5 Å². The molecule has 2 heterocycles. The summed E-state index contributed by atoms with van der Waals surface area (Å²) < 4.78 is 5.42. The third-order valence-corrected chi connectivity index (χ3v) is 4.18. The van der Waals surface area contributed by atoms with E-state index in [9.17, 15) is 0 Å². The minimum atomic E-state index is 0.241. The number of nitrogens with zero attached hydrogens (tertiary/aromatic N) is 2. The van der Waals surface area contributed by atoms with E-state index in [0.717, 1.165) is 32.8 Å². The predicted molar refractivity (Wildman–Crippen MR) is 65.4 cm³/mol. The Kier molecular flexibility index (Phi) is 3.85. The van der Waals surface area contributed by atoms with Crippen LogP contribution >= 0.6 is 0 Å². The lowest BCUT2D eigenvalue weighted by molar-refractivity contribution is 0.0481. The van der Waals surface area contributed by atoms with E-state index in [0.29, 0.717) is 18.0 Å². The first kappa shape index (κ1) is 12.3. The van der Waals surface area contributed by atoms with Gasteiger partial charge in [0.15, 0.2) is 0 Å². The van der Waals surface area contributed by atoms with E-state index < -0.39 is 0 Å². The smallest absolute Gasteiger partial charge is 0.0621 e. The first-order chi connectivity index (χ1) is 7.58.